The molecule has 1 aromatic rings. The van der Waals surface area contributed by atoms with Crippen molar-refractivity contribution >= 4 is 11.3 Å². The van der Waals surface area contributed by atoms with Gasteiger partial charge in [0, 0.05) is 21.8 Å². The minimum Gasteiger partial charge on any atom is -0.317 e. The molecule has 2 heterocycles. The van der Waals surface area contributed by atoms with Crippen LogP contribution >= 0.6 is 11.3 Å². The monoisotopic (exact) mass is 252 g/mol. The fourth-order valence-corrected chi connectivity index (χ4v) is 3.58. The van der Waals surface area contributed by atoms with Crippen molar-refractivity contribution in [3.63, 3.8) is 0 Å². The molecular weight excluding hydrogens is 228 g/mol. The molecule has 1 aliphatic heterocycles. The highest BCUT2D eigenvalue weighted by atomic mass is 32.1. The average molecular weight is 252 g/mol. The zero-order valence-corrected chi connectivity index (χ0v) is 12.0. The molecule has 96 valence electrons. The first kappa shape index (κ1) is 13.1. The Balaban J connectivity index is 2.00. The molecule has 2 rings (SSSR count). The molecule has 0 aliphatic carbocycles. The predicted octanol–water partition coefficient (Wildman–Crippen LogP) is 3.19. The highest BCUT2D eigenvalue weighted by molar-refractivity contribution is 7.12. The Morgan fingerprint density at radius 3 is 2.88 bits per heavy atom. The van der Waals surface area contributed by atoms with E-state index in [1.54, 1.807) is 0 Å². The van der Waals surface area contributed by atoms with E-state index in [0.29, 0.717) is 6.04 Å². The molecule has 0 saturated carbocycles. The quantitative estimate of drug-likeness (QED) is 0.889. The molecular formula is C14H24N2S. The number of aryl methyl sites for hydroxylation is 1. The SMILES string of the molecule is Cc1ccc(C(C)N(C)C2CCCNCC2)s1. The minimum absolute atomic E-state index is 0.553. The number of thiophene rings is 1. The summed E-state index contributed by atoms with van der Waals surface area (Å²) in [5, 5.41) is 3.49. The maximum Gasteiger partial charge on any atom is 0.0413 e. The normalized spacial score (nSPS) is 23.6. The molecule has 1 N–H and O–H groups in total. The van der Waals surface area contributed by atoms with Crippen molar-refractivity contribution in [3.05, 3.63) is 21.9 Å². The second-order valence-corrected chi connectivity index (χ2v) is 6.44. The van der Waals surface area contributed by atoms with Crippen molar-refractivity contribution in [1.29, 1.82) is 0 Å². The fraction of sp³-hybridized carbons (Fsp3) is 0.714. The van der Waals surface area contributed by atoms with Crippen LogP contribution in [0.15, 0.2) is 12.1 Å². The lowest BCUT2D eigenvalue weighted by atomic mass is 10.1. The van der Waals surface area contributed by atoms with Gasteiger partial charge in [0.25, 0.3) is 0 Å². The smallest absolute Gasteiger partial charge is 0.0413 e. The Labute approximate surface area is 109 Å². The van der Waals surface area contributed by atoms with Crippen LogP contribution in [0.5, 0.6) is 0 Å². The van der Waals surface area contributed by atoms with Gasteiger partial charge in [-0.05, 0) is 65.4 Å². The van der Waals surface area contributed by atoms with Crippen molar-refractivity contribution in [2.75, 3.05) is 20.1 Å². The zero-order valence-electron chi connectivity index (χ0n) is 11.2. The number of hydrogen-bond donors (Lipinski definition) is 1. The molecule has 0 aromatic carbocycles. The molecule has 2 unspecified atom stereocenters. The van der Waals surface area contributed by atoms with E-state index in [0.717, 1.165) is 6.04 Å². The molecule has 17 heavy (non-hydrogen) atoms. The first-order chi connectivity index (χ1) is 8.18. The topological polar surface area (TPSA) is 15.3 Å². The largest absolute Gasteiger partial charge is 0.317 e. The maximum absolute atomic E-state index is 3.49. The summed E-state index contributed by atoms with van der Waals surface area (Å²) in [6, 6.07) is 5.81. The van der Waals surface area contributed by atoms with Crippen LogP contribution < -0.4 is 5.32 Å². The van der Waals surface area contributed by atoms with Crippen LogP contribution in [-0.2, 0) is 0 Å². The third-order valence-corrected chi connectivity index (χ3v) is 5.08. The molecule has 1 saturated heterocycles. The van der Waals surface area contributed by atoms with Crippen LogP contribution in [0.3, 0.4) is 0 Å². The van der Waals surface area contributed by atoms with Gasteiger partial charge in [0.05, 0.1) is 0 Å². The Morgan fingerprint density at radius 1 is 1.35 bits per heavy atom. The Bertz CT molecular complexity index is 340. The number of nitrogens with one attached hydrogen (secondary N) is 1. The molecule has 0 amide bonds. The minimum atomic E-state index is 0.553. The summed E-state index contributed by atoms with van der Waals surface area (Å²) < 4.78 is 0. The molecule has 2 atom stereocenters. The maximum atomic E-state index is 3.49. The van der Waals surface area contributed by atoms with Crippen LogP contribution in [0.25, 0.3) is 0 Å². The average Bonchev–Trinajstić information content (AvgIpc) is 2.60. The Hall–Kier alpha value is -0.380. The van der Waals surface area contributed by atoms with E-state index in [4.69, 9.17) is 0 Å². The molecule has 0 spiro atoms. The van der Waals surface area contributed by atoms with E-state index >= 15 is 0 Å². The van der Waals surface area contributed by atoms with Gasteiger partial charge < -0.3 is 5.32 Å². The van der Waals surface area contributed by atoms with Gasteiger partial charge in [0.1, 0.15) is 0 Å². The van der Waals surface area contributed by atoms with Gasteiger partial charge >= 0.3 is 0 Å². The molecule has 2 nitrogen and oxygen atoms in total. The van der Waals surface area contributed by atoms with Crippen molar-refractivity contribution < 1.29 is 0 Å². The summed E-state index contributed by atoms with van der Waals surface area (Å²) in [7, 11) is 2.29. The van der Waals surface area contributed by atoms with Gasteiger partial charge in [-0.25, -0.2) is 0 Å². The molecule has 1 aliphatic rings. The van der Waals surface area contributed by atoms with E-state index in [1.165, 1.54) is 42.1 Å². The van der Waals surface area contributed by atoms with Crippen LogP contribution in [0.2, 0.25) is 0 Å². The first-order valence-corrected chi connectivity index (χ1v) is 7.49. The second kappa shape index (κ2) is 5.98. The number of nitrogens with zero attached hydrogens (tertiary/aromatic N) is 1. The summed E-state index contributed by atoms with van der Waals surface area (Å²) in [6.45, 7) is 6.89. The van der Waals surface area contributed by atoms with Crippen molar-refractivity contribution in [1.82, 2.24) is 10.2 Å². The van der Waals surface area contributed by atoms with Crippen LogP contribution in [-0.4, -0.2) is 31.1 Å². The summed E-state index contributed by atoms with van der Waals surface area (Å²) >= 11 is 1.94. The summed E-state index contributed by atoms with van der Waals surface area (Å²) in [5.74, 6) is 0. The lowest BCUT2D eigenvalue weighted by Gasteiger charge is -2.32. The second-order valence-electron chi connectivity index (χ2n) is 5.12. The van der Waals surface area contributed by atoms with Crippen molar-refractivity contribution in [2.24, 2.45) is 0 Å². The lowest BCUT2D eigenvalue weighted by Crippen LogP contribution is -2.34. The van der Waals surface area contributed by atoms with Gasteiger partial charge in [-0.1, -0.05) is 0 Å². The number of rotatable bonds is 3. The Kier molecular flexibility index (Phi) is 4.60. The number of hydrogen-bond acceptors (Lipinski definition) is 3. The highest BCUT2D eigenvalue weighted by Crippen LogP contribution is 2.29. The van der Waals surface area contributed by atoms with E-state index in [2.05, 4.69) is 43.2 Å². The summed E-state index contributed by atoms with van der Waals surface area (Å²) in [5.41, 5.74) is 0. The summed E-state index contributed by atoms with van der Waals surface area (Å²) in [4.78, 5) is 5.49. The van der Waals surface area contributed by atoms with Crippen molar-refractivity contribution in [2.45, 2.75) is 45.2 Å². The Morgan fingerprint density at radius 2 is 2.18 bits per heavy atom. The zero-order chi connectivity index (χ0) is 12.3. The van der Waals surface area contributed by atoms with Crippen molar-refractivity contribution in [3.8, 4) is 0 Å². The van der Waals surface area contributed by atoms with E-state index in [-0.39, 0.29) is 0 Å². The molecule has 3 heteroatoms. The lowest BCUT2D eigenvalue weighted by molar-refractivity contribution is 0.173. The van der Waals surface area contributed by atoms with Gasteiger partial charge in [-0.15, -0.1) is 11.3 Å². The molecule has 0 bridgehead atoms. The highest BCUT2D eigenvalue weighted by Gasteiger charge is 2.22. The predicted molar refractivity (Wildman–Crippen MR) is 75.7 cm³/mol. The van der Waals surface area contributed by atoms with Gasteiger partial charge in [-0.3, -0.25) is 4.90 Å². The first-order valence-electron chi connectivity index (χ1n) is 6.67. The van der Waals surface area contributed by atoms with Crippen LogP contribution in [0.4, 0.5) is 0 Å². The van der Waals surface area contributed by atoms with E-state index in [9.17, 15) is 0 Å². The molecule has 1 aromatic heterocycles. The summed E-state index contributed by atoms with van der Waals surface area (Å²) in [6.07, 6.45) is 3.93. The van der Waals surface area contributed by atoms with Gasteiger partial charge in [0.2, 0.25) is 0 Å². The van der Waals surface area contributed by atoms with Gasteiger partial charge in [0.15, 0.2) is 0 Å². The van der Waals surface area contributed by atoms with E-state index in [1.807, 2.05) is 11.3 Å². The van der Waals surface area contributed by atoms with Gasteiger partial charge in [-0.2, -0.15) is 0 Å². The van der Waals surface area contributed by atoms with Crippen LogP contribution in [0, 0.1) is 6.92 Å². The fourth-order valence-electron chi connectivity index (χ4n) is 2.60. The molecule has 0 radical (unpaired) electrons. The third-order valence-electron chi connectivity index (χ3n) is 3.91. The standard InChI is InChI=1S/C14H24N2S/c1-11-6-7-14(17-11)12(2)16(3)13-5-4-9-15-10-8-13/h6-7,12-13,15H,4-5,8-10H2,1-3H3. The van der Waals surface area contributed by atoms with Crippen LogP contribution in [0.1, 0.15) is 42.0 Å². The molecule has 1 fully saturated rings. The van der Waals surface area contributed by atoms with E-state index < -0.39 is 0 Å². The third kappa shape index (κ3) is 3.30.